The Balaban J connectivity index is 1.84. The molecule has 0 fully saturated rings. The number of thiophene rings is 1. The summed E-state index contributed by atoms with van der Waals surface area (Å²) in [5.41, 5.74) is 1.26. The van der Waals surface area contributed by atoms with Crippen LogP contribution >= 0.6 is 11.3 Å². The summed E-state index contributed by atoms with van der Waals surface area (Å²) in [7, 11) is -3.86. The van der Waals surface area contributed by atoms with Gasteiger partial charge < -0.3 is 5.32 Å². The topological polar surface area (TPSA) is 63.2 Å². The van der Waals surface area contributed by atoms with Crippen LogP contribution in [0.3, 0.4) is 0 Å². The van der Waals surface area contributed by atoms with Crippen LogP contribution in [-0.2, 0) is 14.6 Å². The first-order valence-electron chi connectivity index (χ1n) is 8.45. The Morgan fingerprint density at radius 3 is 2.50 bits per heavy atom. The van der Waals surface area contributed by atoms with Gasteiger partial charge in [0.2, 0.25) is 15.7 Å². The lowest BCUT2D eigenvalue weighted by Crippen LogP contribution is -2.24. The van der Waals surface area contributed by atoms with Crippen LogP contribution in [0.1, 0.15) is 28.3 Å². The molecule has 1 N–H and O–H groups in total. The predicted octanol–water partition coefficient (Wildman–Crippen LogP) is 4.64. The molecular weight excluding hydrogens is 404 g/mol. The van der Waals surface area contributed by atoms with E-state index in [1.54, 1.807) is 12.1 Å². The highest BCUT2D eigenvalue weighted by Crippen LogP contribution is 2.46. The van der Waals surface area contributed by atoms with Crippen LogP contribution < -0.4 is 5.32 Å². The minimum Gasteiger partial charge on any atom is -0.324 e. The molecule has 4 nitrogen and oxygen atoms in total. The zero-order valence-corrected chi connectivity index (χ0v) is 16.3. The zero-order valence-electron chi connectivity index (χ0n) is 14.7. The molecule has 1 aromatic heterocycles. The molecule has 4 rings (SSSR count). The third-order valence-corrected chi connectivity index (χ3v) is 7.75. The Morgan fingerprint density at radius 1 is 1.11 bits per heavy atom. The number of carbonyl (C=O) groups is 1. The minimum absolute atomic E-state index is 0.0167. The first-order valence-corrected chi connectivity index (χ1v) is 10.8. The quantitative estimate of drug-likeness (QED) is 0.673. The van der Waals surface area contributed by atoms with Gasteiger partial charge in [-0.25, -0.2) is 17.2 Å². The lowest BCUT2D eigenvalue weighted by molar-refractivity contribution is -0.116. The summed E-state index contributed by atoms with van der Waals surface area (Å²) in [6.45, 7) is 1.85. The van der Waals surface area contributed by atoms with Crippen molar-refractivity contribution in [1.29, 1.82) is 0 Å². The van der Waals surface area contributed by atoms with Crippen molar-refractivity contribution in [1.82, 2.24) is 0 Å². The van der Waals surface area contributed by atoms with E-state index in [1.807, 2.05) is 6.92 Å². The Kier molecular flexibility index (Phi) is 4.55. The molecule has 2 heterocycles. The van der Waals surface area contributed by atoms with Crippen molar-refractivity contribution in [3.63, 3.8) is 0 Å². The fraction of sp³-hybridized carbons (Fsp3) is 0.150. The number of benzene rings is 2. The summed E-state index contributed by atoms with van der Waals surface area (Å²) in [5.74, 6) is -2.56. The first kappa shape index (κ1) is 18.8. The normalized spacial score (nSPS) is 16.5. The number of hydrogen-bond donors (Lipinski definition) is 1. The molecule has 0 aliphatic carbocycles. The monoisotopic (exact) mass is 419 g/mol. The van der Waals surface area contributed by atoms with Crippen LogP contribution in [0.5, 0.6) is 0 Å². The van der Waals surface area contributed by atoms with E-state index in [2.05, 4.69) is 5.32 Å². The Bertz CT molecular complexity index is 1180. The number of rotatable bonds is 3. The molecule has 0 bridgehead atoms. The lowest BCUT2D eigenvalue weighted by Gasteiger charge is -2.24. The summed E-state index contributed by atoms with van der Waals surface area (Å²) in [4.78, 5) is 12.9. The third-order valence-electron chi connectivity index (χ3n) is 4.71. The Hall–Kier alpha value is -2.58. The second-order valence-electron chi connectivity index (χ2n) is 6.63. The summed E-state index contributed by atoms with van der Waals surface area (Å²) in [6.07, 6.45) is -0.0416. The van der Waals surface area contributed by atoms with Crippen molar-refractivity contribution in [2.75, 3.05) is 5.32 Å². The largest absolute Gasteiger partial charge is 0.324 e. The second-order valence-corrected chi connectivity index (χ2v) is 9.46. The van der Waals surface area contributed by atoms with E-state index in [9.17, 15) is 22.0 Å². The molecule has 1 amide bonds. The van der Waals surface area contributed by atoms with Gasteiger partial charge in [0, 0.05) is 28.7 Å². The lowest BCUT2D eigenvalue weighted by atomic mass is 9.90. The molecule has 1 atom stereocenters. The highest BCUT2D eigenvalue weighted by molar-refractivity contribution is 7.91. The smallest absolute Gasteiger partial charge is 0.225 e. The van der Waals surface area contributed by atoms with Gasteiger partial charge in [-0.15, -0.1) is 11.3 Å². The van der Waals surface area contributed by atoms with E-state index in [0.29, 0.717) is 4.88 Å². The van der Waals surface area contributed by atoms with Gasteiger partial charge >= 0.3 is 0 Å². The number of carbonyl (C=O) groups excluding carboxylic acids is 1. The number of sulfone groups is 1. The fourth-order valence-corrected chi connectivity index (χ4v) is 6.18. The van der Waals surface area contributed by atoms with Crippen LogP contribution in [0.25, 0.3) is 0 Å². The van der Waals surface area contributed by atoms with Crippen molar-refractivity contribution in [2.45, 2.75) is 29.1 Å². The molecule has 0 radical (unpaired) electrons. The van der Waals surface area contributed by atoms with Crippen molar-refractivity contribution in [3.8, 4) is 0 Å². The molecule has 1 aliphatic rings. The number of amides is 1. The van der Waals surface area contributed by atoms with Gasteiger partial charge in [0.05, 0.1) is 10.6 Å². The number of aryl methyl sites for hydroxylation is 1. The molecule has 8 heteroatoms. The van der Waals surface area contributed by atoms with Crippen LogP contribution in [0.4, 0.5) is 14.5 Å². The molecule has 0 unspecified atom stereocenters. The summed E-state index contributed by atoms with van der Waals surface area (Å²) >= 11 is 1.14. The van der Waals surface area contributed by atoms with Crippen LogP contribution in [0, 0.1) is 18.6 Å². The first-order chi connectivity index (χ1) is 13.3. The van der Waals surface area contributed by atoms with Gasteiger partial charge in [-0.2, -0.15) is 0 Å². The summed E-state index contributed by atoms with van der Waals surface area (Å²) in [6, 6.07) is 9.60. The van der Waals surface area contributed by atoms with E-state index in [0.717, 1.165) is 29.0 Å². The van der Waals surface area contributed by atoms with Gasteiger partial charge in [-0.05, 0) is 30.7 Å². The maximum Gasteiger partial charge on any atom is 0.225 e. The average molecular weight is 419 g/mol. The van der Waals surface area contributed by atoms with E-state index >= 15 is 0 Å². The second kappa shape index (κ2) is 6.79. The molecular formula is C20H15F2NO3S2. The molecule has 144 valence electrons. The molecule has 28 heavy (non-hydrogen) atoms. The number of anilines is 1. The number of fused-ring (bicyclic) bond motifs is 1. The van der Waals surface area contributed by atoms with Crippen molar-refractivity contribution < 1.29 is 22.0 Å². The standard InChI is InChI=1S/C20H15F2NO3S2/c1-11-2-5-13(6-3-11)28(25,26)17-10-27-20-15(9-18(24)23-19(17)20)14-7-4-12(21)8-16(14)22/h2-8,10,15H,9H2,1H3,(H,23,24)/t15-/m0/s1. The molecule has 2 aromatic carbocycles. The van der Waals surface area contributed by atoms with Crippen LogP contribution in [-0.4, -0.2) is 14.3 Å². The SMILES string of the molecule is Cc1ccc(S(=O)(=O)c2csc3c2NC(=O)C[C@H]3c2ccc(F)cc2F)cc1. The molecule has 0 spiro atoms. The van der Waals surface area contributed by atoms with Gasteiger partial charge in [-0.3, -0.25) is 4.79 Å². The number of hydrogen-bond acceptors (Lipinski definition) is 4. The van der Waals surface area contributed by atoms with E-state index in [4.69, 9.17) is 0 Å². The highest BCUT2D eigenvalue weighted by atomic mass is 32.2. The van der Waals surface area contributed by atoms with Crippen LogP contribution in [0.2, 0.25) is 0 Å². The Labute approximate surface area is 164 Å². The van der Waals surface area contributed by atoms with Crippen LogP contribution in [0.15, 0.2) is 57.6 Å². The minimum atomic E-state index is -3.86. The molecule has 0 saturated carbocycles. The number of nitrogens with one attached hydrogen (secondary N) is 1. The predicted molar refractivity (Wildman–Crippen MR) is 102 cm³/mol. The van der Waals surface area contributed by atoms with E-state index in [-0.39, 0.29) is 27.5 Å². The van der Waals surface area contributed by atoms with Gasteiger partial charge in [-0.1, -0.05) is 23.8 Å². The maximum atomic E-state index is 14.3. The van der Waals surface area contributed by atoms with Crippen molar-refractivity contribution >= 4 is 32.8 Å². The van der Waals surface area contributed by atoms with E-state index in [1.165, 1.54) is 23.6 Å². The van der Waals surface area contributed by atoms with Gasteiger partial charge in [0.1, 0.15) is 16.5 Å². The molecule has 0 saturated heterocycles. The van der Waals surface area contributed by atoms with Gasteiger partial charge in [0.25, 0.3) is 0 Å². The number of halogens is 2. The molecule has 1 aliphatic heterocycles. The summed E-state index contributed by atoms with van der Waals surface area (Å²) in [5, 5.41) is 4.08. The van der Waals surface area contributed by atoms with E-state index < -0.39 is 33.3 Å². The average Bonchev–Trinajstić information content (AvgIpc) is 3.06. The van der Waals surface area contributed by atoms with Gasteiger partial charge in [0.15, 0.2) is 0 Å². The fourth-order valence-electron chi connectivity index (χ4n) is 3.28. The van der Waals surface area contributed by atoms with Crippen molar-refractivity contribution in [2.24, 2.45) is 0 Å². The Morgan fingerprint density at radius 2 is 1.82 bits per heavy atom. The van der Waals surface area contributed by atoms with Crippen molar-refractivity contribution in [3.05, 3.63) is 75.5 Å². The molecule has 3 aromatic rings. The zero-order chi connectivity index (χ0) is 20.1. The maximum absolute atomic E-state index is 14.3. The third kappa shape index (κ3) is 3.12. The summed E-state index contributed by atoms with van der Waals surface area (Å²) < 4.78 is 53.7. The highest BCUT2D eigenvalue weighted by Gasteiger charge is 2.35.